The second kappa shape index (κ2) is 4.60. The lowest BCUT2D eigenvalue weighted by atomic mass is 9.86. The van der Waals surface area contributed by atoms with Crippen LogP contribution < -0.4 is 5.32 Å². The molecule has 1 aliphatic carbocycles. The molecule has 2 aliphatic rings. The molecule has 2 fully saturated rings. The van der Waals surface area contributed by atoms with Crippen molar-refractivity contribution in [1.29, 1.82) is 0 Å². The first kappa shape index (κ1) is 12.9. The van der Waals surface area contributed by atoms with E-state index in [1.807, 2.05) is 0 Å². The SMILES string of the molecule is CCC1NC(CC)N(C2CCCC2(C)C)C1=O. The summed E-state index contributed by atoms with van der Waals surface area (Å²) in [7, 11) is 0. The summed E-state index contributed by atoms with van der Waals surface area (Å²) in [6.45, 7) is 8.87. The predicted molar refractivity (Wildman–Crippen MR) is 69.6 cm³/mol. The number of hydrogen-bond donors (Lipinski definition) is 1. The van der Waals surface area contributed by atoms with Gasteiger partial charge in [-0.1, -0.05) is 34.1 Å². The van der Waals surface area contributed by atoms with Gasteiger partial charge in [0.05, 0.1) is 12.2 Å². The molecule has 3 heteroatoms. The van der Waals surface area contributed by atoms with Crippen molar-refractivity contribution < 1.29 is 4.79 Å². The molecule has 1 saturated carbocycles. The van der Waals surface area contributed by atoms with Crippen LogP contribution >= 0.6 is 0 Å². The zero-order valence-corrected chi connectivity index (χ0v) is 11.6. The number of hydrogen-bond acceptors (Lipinski definition) is 2. The predicted octanol–water partition coefficient (Wildman–Crippen LogP) is 2.51. The van der Waals surface area contributed by atoms with E-state index in [0.29, 0.717) is 11.9 Å². The zero-order chi connectivity index (χ0) is 12.6. The van der Waals surface area contributed by atoms with E-state index in [4.69, 9.17) is 0 Å². The smallest absolute Gasteiger partial charge is 0.241 e. The summed E-state index contributed by atoms with van der Waals surface area (Å²) in [5, 5.41) is 3.48. The van der Waals surface area contributed by atoms with Gasteiger partial charge in [0.15, 0.2) is 0 Å². The first-order valence-electron chi connectivity index (χ1n) is 7.09. The molecule has 1 saturated heterocycles. The van der Waals surface area contributed by atoms with Crippen molar-refractivity contribution in [1.82, 2.24) is 10.2 Å². The summed E-state index contributed by atoms with van der Waals surface area (Å²) < 4.78 is 0. The summed E-state index contributed by atoms with van der Waals surface area (Å²) >= 11 is 0. The molecule has 0 bridgehead atoms. The van der Waals surface area contributed by atoms with Crippen LogP contribution in [0.3, 0.4) is 0 Å². The molecule has 0 aromatic heterocycles. The standard InChI is InChI=1S/C14H26N2O/c1-5-10-13(17)16(12(6-2)15-10)11-8-7-9-14(11,3)4/h10-12,15H,5-9H2,1-4H3. The molecule has 0 aromatic carbocycles. The van der Waals surface area contributed by atoms with E-state index in [0.717, 1.165) is 12.8 Å². The normalized spacial score (nSPS) is 36.8. The Balaban J connectivity index is 2.21. The Morgan fingerprint density at radius 2 is 2.06 bits per heavy atom. The van der Waals surface area contributed by atoms with Gasteiger partial charge < -0.3 is 4.90 Å². The maximum atomic E-state index is 12.4. The highest BCUT2D eigenvalue weighted by Crippen LogP contribution is 2.42. The third-order valence-electron chi connectivity index (χ3n) is 4.61. The molecule has 17 heavy (non-hydrogen) atoms. The zero-order valence-electron chi connectivity index (χ0n) is 11.6. The molecular weight excluding hydrogens is 212 g/mol. The lowest BCUT2D eigenvalue weighted by Gasteiger charge is -2.38. The number of nitrogens with one attached hydrogen (secondary N) is 1. The van der Waals surface area contributed by atoms with Crippen molar-refractivity contribution >= 4 is 5.91 Å². The average Bonchev–Trinajstić information content (AvgIpc) is 2.78. The topological polar surface area (TPSA) is 32.3 Å². The molecule has 1 aliphatic heterocycles. The minimum atomic E-state index is 0.0522. The van der Waals surface area contributed by atoms with Gasteiger partial charge in [-0.2, -0.15) is 0 Å². The largest absolute Gasteiger partial charge is 0.322 e. The number of carbonyl (C=O) groups excluding carboxylic acids is 1. The van der Waals surface area contributed by atoms with Crippen LogP contribution in [0.2, 0.25) is 0 Å². The fourth-order valence-corrected chi connectivity index (χ4v) is 3.52. The summed E-state index contributed by atoms with van der Waals surface area (Å²) in [5.41, 5.74) is 0.285. The second-order valence-electron chi connectivity index (χ2n) is 6.19. The van der Waals surface area contributed by atoms with E-state index in [-0.39, 0.29) is 17.6 Å². The van der Waals surface area contributed by atoms with E-state index in [2.05, 4.69) is 37.9 Å². The van der Waals surface area contributed by atoms with Crippen LogP contribution in [0.4, 0.5) is 0 Å². The number of carbonyl (C=O) groups is 1. The van der Waals surface area contributed by atoms with Crippen LogP contribution in [0.25, 0.3) is 0 Å². The Kier molecular flexibility index (Phi) is 3.48. The van der Waals surface area contributed by atoms with Gasteiger partial charge in [-0.3, -0.25) is 10.1 Å². The van der Waals surface area contributed by atoms with Crippen molar-refractivity contribution in [3.63, 3.8) is 0 Å². The summed E-state index contributed by atoms with van der Waals surface area (Å²) in [5.74, 6) is 0.333. The van der Waals surface area contributed by atoms with E-state index in [1.165, 1.54) is 19.3 Å². The summed E-state index contributed by atoms with van der Waals surface area (Å²) in [6, 6.07) is 0.486. The number of amides is 1. The van der Waals surface area contributed by atoms with Crippen LogP contribution in [0.5, 0.6) is 0 Å². The van der Waals surface area contributed by atoms with Gasteiger partial charge in [0.1, 0.15) is 0 Å². The molecule has 0 radical (unpaired) electrons. The monoisotopic (exact) mass is 238 g/mol. The van der Waals surface area contributed by atoms with Crippen LogP contribution in [-0.4, -0.2) is 29.1 Å². The maximum absolute atomic E-state index is 12.4. The molecule has 1 amide bonds. The molecule has 1 N–H and O–H groups in total. The molecule has 3 nitrogen and oxygen atoms in total. The Hall–Kier alpha value is -0.570. The number of nitrogens with zero attached hydrogens (tertiary/aromatic N) is 1. The van der Waals surface area contributed by atoms with Crippen LogP contribution in [-0.2, 0) is 4.79 Å². The van der Waals surface area contributed by atoms with Gasteiger partial charge in [0, 0.05) is 6.04 Å². The van der Waals surface area contributed by atoms with Gasteiger partial charge >= 0.3 is 0 Å². The Labute approximate surface area is 105 Å². The number of rotatable bonds is 3. The Bertz CT molecular complexity index is 301. The third-order valence-corrected chi connectivity index (χ3v) is 4.61. The third kappa shape index (κ3) is 2.10. The molecule has 2 rings (SSSR count). The van der Waals surface area contributed by atoms with E-state index in [1.54, 1.807) is 0 Å². The molecule has 98 valence electrons. The molecule has 0 spiro atoms. The Morgan fingerprint density at radius 3 is 2.53 bits per heavy atom. The molecule has 1 heterocycles. The van der Waals surface area contributed by atoms with Gasteiger partial charge in [0.2, 0.25) is 5.91 Å². The van der Waals surface area contributed by atoms with Crippen molar-refractivity contribution in [3.8, 4) is 0 Å². The van der Waals surface area contributed by atoms with Crippen molar-refractivity contribution in [2.24, 2.45) is 5.41 Å². The summed E-state index contributed by atoms with van der Waals surface area (Å²) in [4.78, 5) is 14.6. The fourth-order valence-electron chi connectivity index (χ4n) is 3.52. The lowest BCUT2D eigenvalue weighted by Crippen LogP contribution is -2.48. The quantitative estimate of drug-likeness (QED) is 0.819. The van der Waals surface area contributed by atoms with Crippen LogP contribution in [0.1, 0.15) is 59.8 Å². The van der Waals surface area contributed by atoms with Gasteiger partial charge in [-0.05, 0) is 31.1 Å². The summed E-state index contributed by atoms with van der Waals surface area (Å²) in [6.07, 6.45) is 5.85. The van der Waals surface area contributed by atoms with Gasteiger partial charge in [-0.25, -0.2) is 0 Å². The van der Waals surface area contributed by atoms with Crippen LogP contribution in [0, 0.1) is 5.41 Å². The van der Waals surface area contributed by atoms with E-state index < -0.39 is 0 Å². The molecule has 3 atom stereocenters. The van der Waals surface area contributed by atoms with Crippen molar-refractivity contribution in [2.75, 3.05) is 0 Å². The highest BCUT2D eigenvalue weighted by Gasteiger charge is 2.47. The maximum Gasteiger partial charge on any atom is 0.241 e. The van der Waals surface area contributed by atoms with Crippen molar-refractivity contribution in [2.45, 2.75) is 78.0 Å². The molecule has 0 aromatic rings. The first-order valence-corrected chi connectivity index (χ1v) is 7.09. The highest BCUT2D eigenvalue weighted by atomic mass is 16.2. The Morgan fingerprint density at radius 1 is 1.35 bits per heavy atom. The van der Waals surface area contributed by atoms with Crippen LogP contribution in [0.15, 0.2) is 0 Å². The van der Waals surface area contributed by atoms with Gasteiger partial charge in [0.25, 0.3) is 0 Å². The molecule has 3 unspecified atom stereocenters. The van der Waals surface area contributed by atoms with Gasteiger partial charge in [-0.15, -0.1) is 0 Å². The van der Waals surface area contributed by atoms with E-state index in [9.17, 15) is 4.79 Å². The second-order valence-corrected chi connectivity index (χ2v) is 6.19. The van der Waals surface area contributed by atoms with E-state index >= 15 is 0 Å². The minimum Gasteiger partial charge on any atom is -0.322 e. The highest BCUT2D eigenvalue weighted by molar-refractivity contribution is 5.84. The molecular formula is C14H26N2O. The first-order chi connectivity index (χ1) is 8.01. The lowest BCUT2D eigenvalue weighted by molar-refractivity contribution is -0.134. The minimum absolute atomic E-state index is 0.0522. The average molecular weight is 238 g/mol. The fraction of sp³-hybridized carbons (Fsp3) is 0.929. The van der Waals surface area contributed by atoms with Crippen molar-refractivity contribution in [3.05, 3.63) is 0 Å².